The summed E-state index contributed by atoms with van der Waals surface area (Å²) in [4.78, 5) is 18.3. The van der Waals surface area contributed by atoms with Gasteiger partial charge < -0.3 is 15.0 Å². The first-order valence-electron chi connectivity index (χ1n) is 7.87. The Morgan fingerprint density at radius 2 is 2.27 bits per heavy atom. The van der Waals surface area contributed by atoms with Crippen LogP contribution in [0.2, 0.25) is 0 Å². The van der Waals surface area contributed by atoms with Crippen LogP contribution in [0.3, 0.4) is 0 Å². The summed E-state index contributed by atoms with van der Waals surface area (Å²) < 4.78 is 4.88. The molecule has 0 saturated carbocycles. The van der Waals surface area contributed by atoms with Crippen LogP contribution in [0.4, 0.5) is 0 Å². The lowest BCUT2D eigenvalue weighted by Crippen LogP contribution is -2.41. The fourth-order valence-corrected chi connectivity index (χ4v) is 3.23. The van der Waals surface area contributed by atoms with Crippen molar-refractivity contribution in [1.82, 2.24) is 10.2 Å². The molecule has 2 aliphatic rings. The van der Waals surface area contributed by atoms with Gasteiger partial charge in [-0.2, -0.15) is 0 Å². The number of hydrogen-bond acceptors (Lipinski definition) is 3. The number of methoxy groups -OCH3 is 1. The summed E-state index contributed by atoms with van der Waals surface area (Å²) >= 11 is 0. The van der Waals surface area contributed by atoms with Crippen molar-refractivity contribution in [2.45, 2.75) is 32.6 Å². The quantitative estimate of drug-likeness (QED) is 0.249. The second kappa shape index (κ2) is 9.37. The first-order valence-corrected chi connectivity index (χ1v) is 7.87. The number of carbonyl (C=O) groups is 1. The van der Waals surface area contributed by atoms with Crippen molar-refractivity contribution < 1.29 is 9.53 Å². The van der Waals surface area contributed by atoms with E-state index in [-0.39, 0.29) is 35.9 Å². The van der Waals surface area contributed by atoms with Crippen LogP contribution >= 0.6 is 24.0 Å². The molecule has 126 valence electrons. The summed E-state index contributed by atoms with van der Waals surface area (Å²) in [5.74, 6) is 1.03. The van der Waals surface area contributed by atoms with Crippen molar-refractivity contribution in [2.24, 2.45) is 16.8 Å². The monoisotopic (exact) mass is 421 g/mol. The molecule has 1 saturated heterocycles. The molecule has 0 spiro atoms. The van der Waals surface area contributed by atoms with Gasteiger partial charge in [-0.1, -0.05) is 18.6 Å². The van der Waals surface area contributed by atoms with Crippen molar-refractivity contribution in [2.75, 3.05) is 33.8 Å². The van der Waals surface area contributed by atoms with Gasteiger partial charge in [-0.15, -0.1) is 24.0 Å². The molecular formula is C16H28IN3O2. The van der Waals surface area contributed by atoms with Crippen LogP contribution in [0.1, 0.15) is 32.6 Å². The van der Waals surface area contributed by atoms with E-state index < -0.39 is 0 Å². The van der Waals surface area contributed by atoms with Crippen molar-refractivity contribution in [3.05, 3.63) is 11.6 Å². The van der Waals surface area contributed by atoms with Gasteiger partial charge in [0.25, 0.3) is 0 Å². The second-order valence-electron chi connectivity index (χ2n) is 5.99. The zero-order chi connectivity index (χ0) is 15.2. The van der Waals surface area contributed by atoms with Crippen molar-refractivity contribution in [3.63, 3.8) is 0 Å². The highest BCUT2D eigenvalue weighted by molar-refractivity contribution is 14.0. The Morgan fingerprint density at radius 3 is 2.86 bits per heavy atom. The van der Waals surface area contributed by atoms with E-state index in [0.29, 0.717) is 12.5 Å². The minimum absolute atomic E-state index is 0. The lowest BCUT2D eigenvalue weighted by Gasteiger charge is -2.21. The summed E-state index contributed by atoms with van der Waals surface area (Å²) in [6, 6.07) is 0. The van der Waals surface area contributed by atoms with Gasteiger partial charge in [0, 0.05) is 26.7 Å². The first kappa shape index (κ1) is 19.3. The Kier molecular flexibility index (Phi) is 8.20. The molecule has 0 aromatic heterocycles. The molecule has 1 aliphatic heterocycles. The fraction of sp³-hybridized carbons (Fsp3) is 0.750. The number of halogens is 1. The predicted octanol–water partition coefficient (Wildman–Crippen LogP) is 2.42. The third kappa shape index (κ3) is 4.86. The van der Waals surface area contributed by atoms with E-state index in [1.807, 2.05) is 0 Å². The Morgan fingerprint density at radius 1 is 1.50 bits per heavy atom. The van der Waals surface area contributed by atoms with E-state index in [9.17, 15) is 4.79 Å². The molecule has 0 aromatic rings. The fourth-order valence-electron chi connectivity index (χ4n) is 3.23. The number of carbonyl (C=O) groups excluding carboxylic acids is 1. The number of allylic oxidation sites excluding steroid dienone is 1. The molecule has 2 atom stereocenters. The standard InChI is InChI=1S/C16H27N3O2.HI/c1-12-10-19(11-14(12)15(20)21-3)16(17-2)18-9-8-13-6-4-5-7-13;/h6,12,14H,4-5,7-11H2,1-3H3,(H,17,18);1H. The molecular weight excluding hydrogens is 393 g/mol. The molecule has 0 aromatic carbocycles. The van der Waals surface area contributed by atoms with Crippen LogP contribution in [0.15, 0.2) is 16.6 Å². The van der Waals surface area contributed by atoms with Crippen molar-refractivity contribution in [3.8, 4) is 0 Å². The van der Waals surface area contributed by atoms with Crippen LogP contribution in [0, 0.1) is 11.8 Å². The maximum Gasteiger partial charge on any atom is 0.310 e. The Hall–Kier alpha value is -0.790. The Bertz CT molecular complexity index is 437. The average molecular weight is 421 g/mol. The number of hydrogen-bond donors (Lipinski definition) is 1. The number of esters is 1. The molecule has 1 heterocycles. The highest BCUT2D eigenvalue weighted by Crippen LogP contribution is 2.24. The third-order valence-corrected chi connectivity index (χ3v) is 4.49. The number of aliphatic imine (C=N–C) groups is 1. The summed E-state index contributed by atoms with van der Waals surface area (Å²) in [6.45, 7) is 4.54. The maximum absolute atomic E-state index is 11.8. The zero-order valence-corrected chi connectivity index (χ0v) is 16.1. The highest BCUT2D eigenvalue weighted by atomic mass is 127. The van der Waals surface area contributed by atoms with Crippen molar-refractivity contribution in [1.29, 1.82) is 0 Å². The largest absolute Gasteiger partial charge is 0.469 e. The van der Waals surface area contributed by atoms with E-state index >= 15 is 0 Å². The number of nitrogens with zero attached hydrogens (tertiary/aromatic N) is 2. The summed E-state index contributed by atoms with van der Waals surface area (Å²) in [7, 11) is 3.26. The third-order valence-electron chi connectivity index (χ3n) is 4.49. The molecule has 0 bridgehead atoms. The predicted molar refractivity (Wildman–Crippen MR) is 99.6 cm³/mol. The summed E-state index contributed by atoms with van der Waals surface area (Å²) in [5.41, 5.74) is 1.56. The lowest BCUT2D eigenvalue weighted by molar-refractivity contribution is -0.145. The molecule has 22 heavy (non-hydrogen) atoms. The molecule has 1 N–H and O–H groups in total. The van der Waals surface area contributed by atoms with Crippen LogP contribution in [-0.4, -0.2) is 50.6 Å². The van der Waals surface area contributed by atoms with Gasteiger partial charge in [0.15, 0.2) is 5.96 Å². The molecule has 1 fully saturated rings. The van der Waals surface area contributed by atoms with E-state index in [1.54, 1.807) is 12.6 Å². The number of nitrogens with one attached hydrogen (secondary N) is 1. The van der Waals surface area contributed by atoms with Crippen LogP contribution in [0.25, 0.3) is 0 Å². The van der Waals surface area contributed by atoms with Gasteiger partial charge >= 0.3 is 5.97 Å². The number of rotatable bonds is 4. The second-order valence-corrected chi connectivity index (χ2v) is 5.99. The van der Waals surface area contributed by atoms with E-state index in [4.69, 9.17) is 4.74 Å². The van der Waals surface area contributed by atoms with Gasteiger partial charge in [-0.05, 0) is 31.6 Å². The van der Waals surface area contributed by atoms with Gasteiger partial charge in [0.1, 0.15) is 0 Å². The summed E-state index contributed by atoms with van der Waals surface area (Å²) in [5, 5.41) is 3.42. The van der Waals surface area contributed by atoms with Crippen LogP contribution in [0.5, 0.6) is 0 Å². The van der Waals surface area contributed by atoms with Gasteiger partial charge in [-0.25, -0.2) is 0 Å². The zero-order valence-electron chi connectivity index (χ0n) is 13.8. The van der Waals surface area contributed by atoms with Gasteiger partial charge in [0.05, 0.1) is 13.0 Å². The normalized spacial score (nSPS) is 24.8. The molecule has 5 nitrogen and oxygen atoms in total. The van der Waals surface area contributed by atoms with Gasteiger partial charge in [-0.3, -0.25) is 9.79 Å². The lowest BCUT2D eigenvalue weighted by atomic mass is 9.99. The minimum atomic E-state index is -0.114. The Labute approximate surface area is 150 Å². The smallest absolute Gasteiger partial charge is 0.310 e. The number of likely N-dealkylation sites (tertiary alicyclic amines) is 1. The van der Waals surface area contributed by atoms with Crippen LogP contribution in [-0.2, 0) is 9.53 Å². The molecule has 6 heteroatoms. The highest BCUT2D eigenvalue weighted by Gasteiger charge is 2.36. The minimum Gasteiger partial charge on any atom is -0.469 e. The molecule has 2 rings (SSSR count). The number of ether oxygens (including phenoxy) is 1. The van der Waals surface area contributed by atoms with Crippen molar-refractivity contribution >= 4 is 35.9 Å². The topological polar surface area (TPSA) is 53.9 Å². The molecule has 2 unspecified atom stereocenters. The molecule has 0 radical (unpaired) electrons. The molecule has 0 amide bonds. The van der Waals surface area contributed by atoms with Gasteiger partial charge in [0.2, 0.25) is 0 Å². The SMILES string of the molecule is CN=C(NCCC1=CCCC1)N1CC(C)C(C(=O)OC)C1.I. The average Bonchev–Trinajstić information content (AvgIpc) is 3.12. The van der Waals surface area contributed by atoms with Crippen LogP contribution < -0.4 is 5.32 Å². The summed E-state index contributed by atoms with van der Waals surface area (Å²) in [6.07, 6.45) is 7.22. The van der Waals surface area contributed by atoms with E-state index in [1.165, 1.54) is 26.4 Å². The maximum atomic E-state index is 11.8. The van der Waals surface area contributed by atoms with E-state index in [2.05, 4.69) is 28.2 Å². The van der Waals surface area contributed by atoms with E-state index in [0.717, 1.165) is 25.5 Å². The first-order chi connectivity index (χ1) is 10.2. The molecule has 1 aliphatic carbocycles. The number of guanidine groups is 1. The Balaban J connectivity index is 0.00000242.